The van der Waals surface area contributed by atoms with Crippen LogP contribution in [0.5, 0.6) is 0 Å². The number of hydrazine groups is 1. The summed E-state index contributed by atoms with van der Waals surface area (Å²) < 4.78 is 0. The third-order valence-corrected chi connectivity index (χ3v) is 3.43. The Bertz CT molecular complexity index is 397. The van der Waals surface area contributed by atoms with Gasteiger partial charge in [0.05, 0.1) is 5.56 Å². The standard InChI is InChI=1S/C14H20N2O2/c1-15(16-9-3-2-4-10-16)11-12-5-7-13(8-6-12)14(17)18/h5-8H,2-4,9-11H2,1H3,(H,17,18). The third-order valence-electron chi connectivity index (χ3n) is 3.43. The van der Waals surface area contributed by atoms with Gasteiger partial charge in [-0.05, 0) is 30.5 Å². The largest absolute Gasteiger partial charge is 0.478 e. The van der Waals surface area contributed by atoms with Gasteiger partial charge in [-0.3, -0.25) is 0 Å². The molecule has 1 aromatic carbocycles. The van der Waals surface area contributed by atoms with Crippen LogP contribution in [0.3, 0.4) is 0 Å². The zero-order chi connectivity index (χ0) is 13.0. The highest BCUT2D eigenvalue weighted by Crippen LogP contribution is 2.13. The molecule has 0 atom stereocenters. The highest BCUT2D eigenvalue weighted by molar-refractivity contribution is 5.87. The number of benzene rings is 1. The Labute approximate surface area is 108 Å². The highest BCUT2D eigenvalue weighted by atomic mass is 16.4. The minimum absolute atomic E-state index is 0.347. The van der Waals surface area contributed by atoms with Crippen molar-refractivity contribution >= 4 is 5.97 Å². The molecule has 1 aliphatic heterocycles. The number of carboxylic acid groups (broad SMARTS) is 1. The van der Waals surface area contributed by atoms with Crippen LogP contribution in [-0.4, -0.2) is 41.2 Å². The topological polar surface area (TPSA) is 43.8 Å². The number of hydrogen-bond acceptors (Lipinski definition) is 3. The van der Waals surface area contributed by atoms with Crippen LogP contribution in [0.2, 0.25) is 0 Å². The van der Waals surface area contributed by atoms with Crippen LogP contribution in [-0.2, 0) is 6.54 Å². The SMILES string of the molecule is CN(Cc1ccc(C(=O)O)cc1)N1CCCCC1. The number of rotatable bonds is 4. The van der Waals surface area contributed by atoms with E-state index in [0.29, 0.717) is 5.56 Å². The Morgan fingerprint density at radius 3 is 2.39 bits per heavy atom. The lowest BCUT2D eigenvalue weighted by atomic mass is 10.1. The first-order valence-corrected chi connectivity index (χ1v) is 6.45. The Morgan fingerprint density at radius 1 is 1.22 bits per heavy atom. The molecule has 0 unspecified atom stereocenters. The summed E-state index contributed by atoms with van der Waals surface area (Å²) in [7, 11) is 2.09. The first-order chi connectivity index (χ1) is 8.66. The van der Waals surface area contributed by atoms with Gasteiger partial charge in [0.15, 0.2) is 0 Å². The maximum absolute atomic E-state index is 10.8. The van der Waals surface area contributed by atoms with E-state index in [0.717, 1.165) is 25.2 Å². The number of carboxylic acids is 1. The Hall–Kier alpha value is -1.39. The van der Waals surface area contributed by atoms with Crippen LogP contribution in [0.15, 0.2) is 24.3 Å². The van der Waals surface area contributed by atoms with E-state index in [1.165, 1.54) is 19.3 Å². The maximum Gasteiger partial charge on any atom is 0.335 e. The molecule has 1 heterocycles. The van der Waals surface area contributed by atoms with Gasteiger partial charge in [-0.2, -0.15) is 0 Å². The van der Waals surface area contributed by atoms with Crippen molar-refractivity contribution < 1.29 is 9.90 Å². The number of piperidine rings is 1. The summed E-state index contributed by atoms with van der Waals surface area (Å²) in [5.74, 6) is -0.870. The van der Waals surface area contributed by atoms with Crippen LogP contribution < -0.4 is 0 Å². The van der Waals surface area contributed by atoms with Crippen LogP contribution in [0.25, 0.3) is 0 Å². The van der Waals surface area contributed by atoms with E-state index < -0.39 is 5.97 Å². The zero-order valence-corrected chi connectivity index (χ0v) is 10.8. The van der Waals surface area contributed by atoms with E-state index in [4.69, 9.17) is 5.11 Å². The summed E-state index contributed by atoms with van der Waals surface area (Å²) in [6.45, 7) is 3.09. The van der Waals surface area contributed by atoms with Gasteiger partial charge in [-0.1, -0.05) is 18.6 Å². The van der Waals surface area contributed by atoms with Gasteiger partial charge < -0.3 is 5.11 Å². The predicted molar refractivity (Wildman–Crippen MR) is 70.3 cm³/mol. The molecule has 0 saturated carbocycles. The monoisotopic (exact) mass is 248 g/mol. The first kappa shape index (κ1) is 13.1. The Balaban J connectivity index is 1.93. The van der Waals surface area contributed by atoms with Crippen molar-refractivity contribution in [1.82, 2.24) is 10.0 Å². The predicted octanol–water partition coefficient (Wildman–Crippen LogP) is 2.22. The summed E-state index contributed by atoms with van der Waals surface area (Å²) in [5, 5.41) is 13.4. The minimum Gasteiger partial charge on any atom is -0.478 e. The van der Waals surface area contributed by atoms with Crippen molar-refractivity contribution in [2.45, 2.75) is 25.8 Å². The molecule has 0 aromatic heterocycles. The average molecular weight is 248 g/mol. The van der Waals surface area contributed by atoms with Gasteiger partial charge in [-0.25, -0.2) is 14.8 Å². The molecule has 4 heteroatoms. The smallest absolute Gasteiger partial charge is 0.335 e. The molecule has 1 aliphatic rings. The summed E-state index contributed by atoms with van der Waals surface area (Å²) in [6.07, 6.45) is 3.86. The average Bonchev–Trinajstić information content (AvgIpc) is 2.40. The van der Waals surface area contributed by atoms with Gasteiger partial charge in [-0.15, -0.1) is 0 Å². The number of hydrogen-bond donors (Lipinski definition) is 1. The van der Waals surface area contributed by atoms with Gasteiger partial charge >= 0.3 is 5.97 Å². The Morgan fingerprint density at radius 2 is 1.83 bits per heavy atom. The van der Waals surface area contributed by atoms with Gasteiger partial charge in [0.1, 0.15) is 0 Å². The van der Waals surface area contributed by atoms with Crippen LogP contribution in [0.4, 0.5) is 0 Å². The van der Waals surface area contributed by atoms with Gasteiger partial charge in [0.2, 0.25) is 0 Å². The van der Waals surface area contributed by atoms with Crippen molar-refractivity contribution in [3.63, 3.8) is 0 Å². The van der Waals surface area contributed by atoms with E-state index in [1.807, 2.05) is 12.1 Å². The molecule has 18 heavy (non-hydrogen) atoms. The lowest BCUT2D eigenvalue weighted by Gasteiger charge is -2.34. The molecule has 1 N–H and O–H groups in total. The van der Waals surface area contributed by atoms with E-state index in [-0.39, 0.29) is 0 Å². The van der Waals surface area contributed by atoms with E-state index in [2.05, 4.69) is 17.1 Å². The van der Waals surface area contributed by atoms with E-state index in [1.54, 1.807) is 12.1 Å². The van der Waals surface area contributed by atoms with Gasteiger partial charge in [0, 0.05) is 26.7 Å². The molecular formula is C14H20N2O2. The third kappa shape index (κ3) is 3.31. The minimum atomic E-state index is -0.870. The number of aromatic carboxylic acids is 1. The van der Waals surface area contributed by atoms with Crippen molar-refractivity contribution in [3.05, 3.63) is 35.4 Å². The molecule has 98 valence electrons. The zero-order valence-electron chi connectivity index (χ0n) is 10.8. The molecule has 0 spiro atoms. The van der Waals surface area contributed by atoms with Crippen molar-refractivity contribution in [3.8, 4) is 0 Å². The summed E-state index contributed by atoms with van der Waals surface area (Å²) in [5.41, 5.74) is 1.49. The van der Waals surface area contributed by atoms with Crippen molar-refractivity contribution in [1.29, 1.82) is 0 Å². The van der Waals surface area contributed by atoms with E-state index in [9.17, 15) is 4.79 Å². The van der Waals surface area contributed by atoms with Crippen LogP contribution >= 0.6 is 0 Å². The molecule has 1 saturated heterocycles. The quantitative estimate of drug-likeness (QED) is 0.887. The van der Waals surface area contributed by atoms with Crippen LogP contribution in [0.1, 0.15) is 35.2 Å². The summed E-state index contributed by atoms with van der Waals surface area (Å²) in [4.78, 5) is 10.8. The molecule has 1 aromatic rings. The fourth-order valence-corrected chi connectivity index (χ4v) is 2.34. The second-order valence-electron chi connectivity index (χ2n) is 4.83. The normalized spacial score (nSPS) is 17.0. The second-order valence-corrected chi connectivity index (χ2v) is 4.83. The molecule has 4 nitrogen and oxygen atoms in total. The molecule has 0 bridgehead atoms. The fourth-order valence-electron chi connectivity index (χ4n) is 2.34. The summed E-state index contributed by atoms with van der Waals surface area (Å²) in [6, 6.07) is 7.12. The van der Waals surface area contributed by atoms with Crippen LogP contribution in [0, 0.1) is 0 Å². The van der Waals surface area contributed by atoms with Gasteiger partial charge in [0.25, 0.3) is 0 Å². The number of carbonyl (C=O) groups is 1. The first-order valence-electron chi connectivity index (χ1n) is 6.45. The molecule has 0 amide bonds. The van der Waals surface area contributed by atoms with Crippen molar-refractivity contribution in [2.24, 2.45) is 0 Å². The lowest BCUT2D eigenvalue weighted by Crippen LogP contribution is -2.42. The second kappa shape index (κ2) is 5.98. The summed E-state index contributed by atoms with van der Waals surface area (Å²) >= 11 is 0. The molecule has 2 rings (SSSR count). The lowest BCUT2D eigenvalue weighted by molar-refractivity contribution is -0.0234. The Kier molecular flexibility index (Phi) is 4.33. The molecule has 0 radical (unpaired) electrons. The number of nitrogens with zero attached hydrogens (tertiary/aromatic N) is 2. The maximum atomic E-state index is 10.8. The molecule has 0 aliphatic carbocycles. The van der Waals surface area contributed by atoms with E-state index >= 15 is 0 Å². The molecule has 1 fully saturated rings. The highest BCUT2D eigenvalue weighted by Gasteiger charge is 2.14. The van der Waals surface area contributed by atoms with Crippen molar-refractivity contribution in [2.75, 3.05) is 20.1 Å². The fraction of sp³-hybridized carbons (Fsp3) is 0.500. The molecular weight excluding hydrogens is 228 g/mol.